The predicted octanol–water partition coefficient (Wildman–Crippen LogP) is 2.93. The Hall–Kier alpha value is -0.660. The zero-order valence-corrected chi connectivity index (χ0v) is 12.1. The number of thiophene rings is 1. The molecule has 2 rings (SSSR count). The number of hydrogen-bond acceptors (Lipinski definition) is 6. The summed E-state index contributed by atoms with van der Waals surface area (Å²) in [7, 11) is 1.56. The lowest BCUT2D eigenvalue weighted by atomic mass is 10.1. The van der Waals surface area contributed by atoms with Crippen LogP contribution in [0.5, 0.6) is 0 Å². The van der Waals surface area contributed by atoms with Crippen molar-refractivity contribution in [1.29, 1.82) is 0 Å². The van der Waals surface area contributed by atoms with Crippen LogP contribution in [-0.4, -0.2) is 23.9 Å². The van der Waals surface area contributed by atoms with Gasteiger partial charge in [0, 0.05) is 7.11 Å². The van der Waals surface area contributed by atoms with Gasteiger partial charge < -0.3 is 15.0 Å². The van der Waals surface area contributed by atoms with E-state index in [1.165, 1.54) is 11.3 Å². The number of rotatable bonds is 4. The van der Waals surface area contributed by atoms with Crippen LogP contribution in [0.1, 0.15) is 12.7 Å². The van der Waals surface area contributed by atoms with Crippen LogP contribution in [0.15, 0.2) is 10.6 Å². The maximum Gasteiger partial charge on any atom is 0.260 e. The van der Waals surface area contributed by atoms with Crippen molar-refractivity contribution in [2.45, 2.75) is 12.5 Å². The van der Waals surface area contributed by atoms with Gasteiger partial charge in [0.05, 0.1) is 16.5 Å². The summed E-state index contributed by atoms with van der Waals surface area (Å²) >= 11 is 13.1. The quantitative estimate of drug-likeness (QED) is 0.940. The van der Waals surface area contributed by atoms with E-state index in [4.69, 9.17) is 38.2 Å². The molecule has 98 valence electrons. The monoisotopic (exact) mass is 307 g/mol. The summed E-state index contributed by atoms with van der Waals surface area (Å²) in [6, 6.07) is 1.68. The number of hydrogen-bond donors (Lipinski definition) is 1. The van der Waals surface area contributed by atoms with Gasteiger partial charge in [-0.25, -0.2) is 0 Å². The summed E-state index contributed by atoms with van der Waals surface area (Å²) in [5.74, 6) is 0.656. The highest BCUT2D eigenvalue weighted by Gasteiger charge is 2.28. The smallest absolute Gasteiger partial charge is 0.260 e. The molecule has 1 unspecified atom stereocenters. The van der Waals surface area contributed by atoms with E-state index in [1.807, 2.05) is 0 Å². The number of methoxy groups -OCH3 is 1. The van der Waals surface area contributed by atoms with E-state index >= 15 is 0 Å². The van der Waals surface area contributed by atoms with Crippen LogP contribution in [-0.2, 0) is 10.3 Å². The van der Waals surface area contributed by atoms with E-state index in [9.17, 15) is 0 Å². The van der Waals surface area contributed by atoms with Crippen molar-refractivity contribution >= 4 is 34.5 Å². The summed E-state index contributed by atoms with van der Waals surface area (Å²) in [6.45, 7) is 2.04. The van der Waals surface area contributed by atoms with Crippen LogP contribution in [0.4, 0.5) is 0 Å². The number of ether oxygens (including phenoxy) is 1. The Morgan fingerprint density at radius 3 is 2.83 bits per heavy atom. The lowest BCUT2D eigenvalue weighted by Gasteiger charge is -2.18. The van der Waals surface area contributed by atoms with Gasteiger partial charge in [0.15, 0.2) is 5.82 Å². The Kier molecular flexibility index (Phi) is 3.93. The van der Waals surface area contributed by atoms with Crippen LogP contribution in [0.3, 0.4) is 0 Å². The largest absolute Gasteiger partial charge is 0.382 e. The SMILES string of the molecule is COCC(C)(N)c1noc(-c2cc(Cl)sc2Cl)n1. The minimum Gasteiger partial charge on any atom is -0.382 e. The first-order chi connectivity index (χ1) is 8.44. The molecule has 2 heterocycles. The van der Waals surface area contributed by atoms with Crippen LogP contribution < -0.4 is 5.73 Å². The Labute approximate surface area is 118 Å². The fourth-order valence-corrected chi connectivity index (χ4v) is 2.86. The predicted molar refractivity (Wildman–Crippen MR) is 71.0 cm³/mol. The van der Waals surface area contributed by atoms with Crippen molar-refractivity contribution in [3.05, 3.63) is 20.6 Å². The lowest BCUT2D eigenvalue weighted by molar-refractivity contribution is 0.135. The summed E-state index contributed by atoms with van der Waals surface area (Å²) in [5.41, 5.74) is 5.81. The third-order valence-electron chi connectivity index (χ3n) is 2.27. The molecule has 8 heteroatoms. The molecule has 0 aliphatic heterocycles. The molecule has 0 spiro atoms. The number of nitrogens with zero attached hydrogens (tertiary/aromatic N) is 2. The second kappa shape index (κ2) is 5.14. The van der Waals surface area contributed by atoms with Gasteiger partial charge in [0.2, 0.25) is 0 Å². The minimum absolute atomic E-state index is 0.282. The average molecular weight is 308 g/mol. The molecule has 0 bridgehead atoms. The van der Waals surface area contributed by atoms with Crippen molar-refractivity contribution in [3.63, 3.8) is 0 Å². The van der Waals surface area contributed by atoms with Gasteiger partial charge in [0.25, 0.3) is 5.89 Å². The Morgan fingerprint density at radius 1 is 1.56 bits per heavy atom. The van der Waals surface area contributed by atoms with Crippen molar-refractivity contribution in [2.75, 3.05) is 13.7 Å². The third kappa shape index (κ3) is 2.67. The van der Waals surface area contributed by atoms with E-state index in [-0.39, 0.29) is 6.61 Å². The number of halogens is 2. The molecule has 2 aromatic heterocycles. The maximum absolute atomic E-state index is 6.02. The van der Waals surface area contributed by atoms with E-state index in [0.29, 0.717) is 26.0 Å². The molecule has 0 saturated carbocycles. The zero-order chi connectivity index (χ0) is 13.3. The van der Waals surface area contributed by atoms with Crippen molar-refractivity contribution in [1.82, 2.24) is 10.1 Å². The minimum atomic E-state index is -0.817. The molecule has 0 saturated heterocycles. The second-order valence-electron chi connectivity index (χ2n) is 4.01. The van der Waals surface area contributed by atoms with Crippen molar-refractivity contribution in [2.24, 2.45) is 5.73 Å². The third-order valence-corrected chi connectivity index (χ3v) is 3.76. The molecule has 2 aromatic rings. The molecule has 0 amide bonds. The van der Waals surface area contributed by atoms with Gasteiger partial charge in [-0.3, -0.25) is 0 Å². The molecule has 18 heavy (non-hydrogen) atoms. The van der Waals surface area contributed by atoms with Crippen molar-refractivity contribution in [3.8, 4) is 11.5 Å². The van der Waals surface area contributed by atoms with E-state index in [0.717, 1.165) is 0 Å². The fourth-order valence-electron chi connectivity index (χ4n) is 1.42. The molecule has 2 N–H and O–H groups in total. The van der Waals surface area contributed by atoms with Gasteiger partial charge in [-0.15, -0.1) is 11.3 Å². The molecular formula is C10H11Cl2N3O2S. The van der Waals surface area contributed by atoms with Crippen LogP contribution in [0, 0.1) is 0 Å². The molecule has 1 atom stereocenters. The Bertz CT molecular complexity index is 553. The van der Waals surface area contributed by atoms with Gasteiger partial charge in [-0.2, -0.15) is 4.98 Å². The highest BCUT2D eigenvalue weighted by atomic mass is 35.5. The molecule has 0 aromatic carbocycles. The van der Waals surface area contributed by atoms with E-state index < -0.39 is 5.54 Å². The summed E-state index contributed by atoms with van der Waals surface area (Å²) in [6.07, 6.45) is 0. The molecule has 0 fully saturated rings. The number of nitrogens with two attached hydrogens (primary N) is 1. The zero-order valence-electron chi connectivity index (χ0n) is 9.74. The van der Waals surface area contributed by atoms with E-state index in [1.54, 1.807) is 20.1 Å². The Morgan fingerprint density at radius 2 is 2.28 bits per heavy atom. The fraction of sp³-hybridized carbons (Fsp3) is 0.400. The van der Waals surface area contributed by atoms with Gasteiger partial charge in [-0.05, 0) is 13.0 Å². The molecular weight excluding hydrogens is 297 g/mol. The molecule has 0 radical (unpaired) electrons. The first-order valence-corrected chi connectivity index (χ1v) is 6.58. The molecule has 5 nitrogen and oxygen atoms in total. The summed E-state index contributed by atoms with van der Waals surface area (Å²) in [5, 5.41) is 3.85. The maximum atomic E-state index is 6.02. The van der Waals surface area contributed by atoms with Gasteiger partial charge >= 0.3 is 0 Å². The van der Waals surface area contributed by atoms with Crippen LogP contribution in [0.2, 0.25) is 8.67 Å². The Balaban J connectivity index is 2.34. The number of aromatic nitrogens is 2. The van der Waals surface area contributed by atoms with Crippen molar-refractivity contribution < 1.29 is 9.26 Å². The molecule has 0 aliphatic carbocycles. The normalized spacial score (nSPS) is 14.7. The van der Waals surface area contributed by atoms with Gasteiger partial charge in [-0.1, -0.05) is 28.4 Å². The topological polar surface area (TPSA) is 74.2 Å². The van der Waals surface area contributed by atoms with Gasteiger partial charge in [0.1, 0.15) is 9.88 Å². The first-order valence-electron chi connectivity index (χ1n) is 5.01. The lowest BCUT2D eigenvalue weighted by Crippen LogP contribution is -2.38. The highest BCUT2D eigenvalue weighted by molar-refractivity contribution is 7.20. The average Bonchev–Trinajstić information content (AvgIpc) is 2.85. The first kappa shape index (κ1) is 13.8. The second-order valence-corrected chi connectivity index (χ2v) is 6.30. The van der Waals surface area contributed by atoms with Crippen LogP contribution in [0.25, 0.3) is 11.5 Å². The van der Waals surface area contributed by atoms with Crippen LogP contribution >= 0.6 is 34.5 Å². The molecule has 0 aliphatic rings. The summed E-state index contributed by atoms with van der Waals surface area (Å²) < 4.78 is 11.2. The standard InChI is InChI=1S/C10H11Cl2N3O2S/c1-10(13,4-16-2)9-14-8(17-15-9)5-3-6(11)18-7(5)12/h3H,4,13H2,1-2H3. The summed E-state index contributed by atoms with van der Waals surface area (Å²) in [4.78, 5) is 4.23. The highest BCUT2D eigenvalue weighted by Crippen LogP contribution is 2.37. The van der Waals surface area contributed by atoms with E-state index in [2.05, 4.69) is 10.1 Å².